The van der Waals surface area contributed by atoms with Crippen LogP contribution in [-0.2, 0) is 4.79 Å². The second-order valence-electron chi connectivity index (χ2n) is 5.20. The quantitative estimate of drug-likeness (QED) is 0.404. The highest BCUT2D eigenvalue weighted by Gasteiger charge is 2.10. The monoisotopic (exact) mass is 259 g/mol. The van der Waals surface area contributed by atoms with E-state index in [1.54, 1.807) is 0 Å². The molecule has 19 heavy (non-hydrogen) atoms. The molecule has 0 aliphatic carbocycles. The molecule has 1 aromatic rings. The van der Waals surface area contributed by atoms with E-state index >= 15 is 0 Å². The maximum atomic E-state index is 11.9. The zero-order chi connectivity index (χ0) is 14.1. The Balaban J connectivity index is 2.27. The average Bonchev–Trinajstić information content (AvgIpc) is 2.39. The van der Waals surface area contributed by atoms with Crippen molar-refractivity contribution in [1.82, 2.24) is 0 Å². The van der Waals surface area contributed by atoms with Crippen LogP contribution in [0.5, 0.6) is 0 Å². The van der Waals surface area contributed by atoms with Crippen LogP contribution in [0.4, 0.5) is 5.69 Å². The molecule has 1 rings (SSSR count). The molecule has 0 amide bonds. The number of rotatable bonds is 9. The van der Waals surface area contributed by atoms with Gasteiger partial charge in [0.15, 0.2) is 0 Å². The van der Waals surface area contributed by atoms with E-state index in [1.165, 1.54) is 5.56 Å². The van der Waals surface area contributed by atoms with Crippen molar-refractivity contribution in [2.45, 2.75) is 51.4 Å². The maximum Gasteiger partial charge on any atom is 0.133 e. The number of carbonyl (C=O) groups is 1. The molecule has 0 saturated carbocycles. The van der Waals surface area contributed by atoms with E-state index in [0.717, 1.165) is 31.4 Å². The SMILES string of the molecule is C=CCCCCCC(=O)CC(C)c1ccc(N)cc1. The van der Waals surface area contributed by atoms with E-state index in [0.29, 0.717) is 18.6 Å². The van der Waals surface area contributed by atoms with E-state index in [-0.39, 0.29) is 5.92 Å². The summed E-state index contributed by atoms with van der Waals surface area (Å²) >= 11 is 0. The molecule has 0 bridgehead atoms. The minimum absolute atomic E-state index is 0.279. The lowest BCUT2D eigenvalue weighted by Gasteiger charge is -2.11. The minimum Gasteiger partial charge on any atom is -0.399 e. The van der Waals surface area contributed by atoms with Gasteiger partial charge in [-0.05, 0) is 42.9 Å². The van der Waals surface area contributed by atoms with Crippen LogP contribution in [0.15, 0.2) is 36.9 Å². The van der Waals surface area contributed by atoms with Gasteiger partial charge in [0, 0.05) is 18.5 Å². The summed E-state index contributed by atoms with van der Waals surface area (Å²) in [5.41, 5.74) is 7.62. The molecular weight excluding hydrogens is 234 g/mol. The van der Waals surface area contributed by atoms with Gasteiger partial charge in [-0.25, -0.2) is 0 Å². The van der Waals surface area contributed by atoms with Crippen LogP contribution in [0.3, 0.4) is 0 Å². The van der Waals surface area contributed by atoms with E-state index in [4.69, 9.17) is 5.73 Å². The summed E-state index contributed by atoms with van der Waals surface area (Å²) in [5.74, 6) is 0.643. The van der Waals surface area contributed by atoms with Gasteiger partial charge in [0.1, 0.15) is 5.78 Å². The van der Waals surface area contributed by atoms with Gasteiger partial charge in [0.25, 0.3) is 0 Å². The Morgan fingerprint density at radius 3 is 2.58 bits per heavy atom. The zero-order valence-corrected chi connectivity index (χ0v) is 11.9. The third-order valence-corrected chi connectivity index (χ3v) is 3.40. The van der Waals surface area contributed by atoms with Gasteiger partial charge < -0.3 is 5.73 Å². The number of anilines is 1. The summed E-state index contributed by atoms with van der Waals surface area (Å²) in [6.07, 6.45) is 7.59. The van der Waals surface area contributed by atoms with Crippen molar-refractivity contribution < 1.29 is 4.79 Å². The lowest BCUT2D eigenvalue weighted by molar-refractivity contribution is -0.119. The first-order valence-electron chi connectivity index (χ1n) is 7.11. The number of ketones is 1. The molecule has 0 radical (unpaired) electrons. The number of benzene rings is 1. The molecule has 0 spiro atoms. The number of Topliss-reactive ketones (excluding diaryl/α,β-unsaturated/α-hetero) is 1. The third kappa shape index (κ3) is 6.23. The fourth-order valence-electron chi connectivity index (χ4n) is 2.17. The summed E-state index contributed by atoms with van der Waals surface area (Å²) in [5, 5.41) is 0. The fraction of sp³-hybridized carbons (Fsp3) is 0.471. The summed E-state index contributed by atoms with van der Waals surface area (Å²) in [6, 6.07) is 7.81. The summed E-state index contributed by atoms with van der Waals surface area (Å²) in [6.45, 7) is 5.80. The summed E-state index contributed by atoms with van der Waals surface area (Å²) in [4.78, 5) is 11.9. The Morgan fingerprint density at radius 2 is 1.95 bits per heavy atom. The van der Waals surface area contributed by atoms with Gasteiger partial charge in [-0.1, -0.05) is 31.6 Å². The number of allylic oxidation sites excluding steroid dienone is 1. The summed E-state index contributed by atoms with van der Waals surface area (Å²) in [7, 11) is 0. The molecule has 0 heterocycles. The van der Waals surface area contributed by atoms with Crippen molar-refractivity contribution in [3.63, 3.8) is 0 Å². The average molecular weight is 259 g/mol. The lowest BCUT2D eigenvalue weighted by Crippen LogP contribution is -2.04. The molecular formula is C17H25NO. The third-order valence-electron chi connectivity index (χ3n) is 3.40. The van der Waals surface area contributed by atoms with Crippen molar-refractivity contribution in [2.75, 3.05) is 5.73 Å². The van der Waals surface area contributed by atoms with Gasteiger partial charge >= 0.3 is 0 Å². The molecule has 2 N–H and O–H groups in total. The van der Waals surface area contributed by atoms with E-state index in [1.807, 2.05) is 30.3 Å². The van der Waals surface area contributed by atoms with Gasteiger partial charge in [0.05, 0.1) is 0 Å². The molecule has 2 heteroatoms. The van der Waals surface area contributed by atoms with Crippen molar-refractivity contribution in [3.8, 4) is 0 Å². The first kappa shape index (κ1) is 15.5. The van der Waals surface area contributed by atoms with Crippen LogP contribution in [0.25, 0.3) is 0 Å². The molecule has 0 fully saturated rings. The Hall–Kier alpha value is -1.57. The number of unbranched alkanes of at least 4 members (excludes halogenated alkanes) is 3. The lowest BCUT2D eigenvalue weighted by atomic mass is 9.94. The highest BCUT2D eigenvalue weighted by molar-refractivity contribution is 5.79. The largest absolute Gasteiger partial charge is 0.399 e. The van der Waals surface area contributed by atoms with Crippen LogP contribution in [0, 0.1) is 0 Å². The molecule has 1 atom stereocenters. The fourth-order valence-corrected chi connectivity index (χ4v) is 2.17. The van der Waals surface area contributed by atoms with Crippen molar-refractivity contribution in [3.05, 3.63) is 42.5 Å². The van der Waals surface area contributed by atoms with Gasteiger partial charge in [0.2, 0.25) is 0 Å². The molecule has 0 aliphatic rings. The Kier molecular flexibility index (Phi) is 6.94. The zero-order valence-electron chi connectivity index (χ0n) is 11.9. The van der Waals surface area contributed by atoms with Crippen LogP contribution in [-0.4, -0.2) is 5.78 Å². The van der Waals surface area contributed by atoms with E-state index in [2.05, 4.69) is 13.5 Å². The van der Waals surface area contributed by atoms with Crippen LogP contribution in [0.1, 0.15) is 56.9 Å². The van der Waals surface area contributed by atoms with Gasteiger partial charge in [-0.2, -0.15) is 0 Å². The minimum atomic E-state index is 0.279. The molecule has 104 valence electrons. The number of hydrogen-bond acceptors (Lipinski definition) is 2. The standard InChI is InChI=1S/C17H25NO/c1-3-4-5-6-7-8-17(19)13-14(2)15-9-11-16(18)12-10-15/h3,9-12,14H,1,4-8,13,18H2,2H3. The van der Waals surface area contributed by atoms with Crippen LogP contribution < -0.4 is 5.73 Å². The molecule has 0 aromatic heterocycles. The number of hydrogen-bond donors (Lipinski definition) is 1. The number of carbonyl (C=O) groups excluding carboxylic acids is 1. The number of nitrogen functional groups attached to an aromatic ring is 1. The Labute approximate surface area is 116 Å². The molecule has 1 aromatic carbocycles. The Bertz CT molecular complexity index is 394. The summed E-state index contributed by atoms with van der Waals surface area (Å²) < 4.78 is 0. The van der Waals surface area contributed by atoms with Crippen molar-refractivity contribution in [1.29, 1.82) is 0 Å². The highest BCUT2D eigenvalue weighted by Crippen LogP contribution is 2.21. The Morgan fingerprint density at radius 1 is 1.26 bits per heavy atom. The van der Waals surface area contributed by atoms with Crippen molar-refractivity contribution >= 4 is 11.5 Å². The predicted octanol–water partition coefficient (Wildman–Crippen LogP) is 4.47. The van der Waals surface area contributed by atoms with Crippen LogP contribution in [0.2, 0.25) is 0 Å². The first-order valence-corrected chi connectivity index (χ1v) is 7.11. The highest BCUT2D eigenvalue weighted by atomic mass is 16.1. The van der Waals surface area contributed by atoms with E-state index in [9.17, 15) is 4.79 Å². The predicted molar refractivity (Wildman–Crippen MR) is 82.2 cm³/mol. The van der Waals surface area contributed by atoms with Crippen molar-refractivity contribution in [2.24, 2.45) is 0 Å². The molecule has 0 aliphatic heterocycles. The maximum absolute atomic E-state index is 11.9. The van der Waals surface area contributed by atoms with Gasteiger partial charge in [-0.3, -0.25) is 4.79 Å². The normalized spacial score (nSPS) is 12.1. The molecule has 1 unspecified atom stereocenters. The van der Waals surface area contributed by atoms with E-state index < -0.39 is 0 Å². The van der Waals surface area contributed by atoms with Gasteiger partial charge in [-0.15, -0.1) is 6.58 Å². The molecule has 0 saturated heterocycles. The van der Waals surface area contributed by atoms with Crippen LogP contribution >= 0.6 is 0 Å². The topological polar surface area (TPSA) is 43.1 Å². The second-order valence-corrected chi connectivity index (χ2v) is 5.20. The smallest absolute Gasteiger partial charge is 0.133 e. The molecule has 2 nitrogen and oxygen atoms in total. The second kappa shape index (κ2) is 8.52. The first-order chi connectivity index (χ1) is 9.13. The number of nitrogens with two attached hydrogens (primary N) is 1.